The Bertz CT molecular complexity index is 501. The number of ether oxygens (including phenoxy) is 1. The Kier molecular flexibility index (Phi) is 4.29. The highest BCUT2D eigenvalue weighted by Gasteiger charge is 2.22. The van der Waals surface area contributed by atoms with Crippen molar-refractivity contribution in [2.45, 2.75) is 10.9 Å². The van der Waals surface area contributed by atoms with Crippen LogP contribution in [0.3, 0.4) is 0 Å². The van der Waals surface area contributed by atoms with Crippen LogP contribution in [-0.4, -0.2) is 45.8 Å². The van der Waals surface area contributed by atoms with E-state index in [9.17, 15) is 8.42 Å². The molecule has 100 valence electrons. The molecular weight excluding hydrogens is 318 g/mol. The molecular formula is C12H16BrNO3S. The van der Waals surface area contributed by atoms with Gasteiger partial charge in [0.25, 0.3) is 0 Å². The molecule has 0 aliphatic carbocycles. The van der Waals surface area contributed by atoms with Gasteiger partial charge >= 0.3 is 0 Å². The topological polar surface area (TPSA) is 46.6 Å². The minimum atomic E-state index is -3.12. The molecule has 0 spiro atoms. The first-order valence-electron chi connectivity index (χ1n) is 5.73. The summed E-state index contributed by atoms with van der Waals surface area (Å²) >= 11 is 3.48. The standard InChI is InChI=1S/C12H16BrNO3S/c1-18(15,16)12-4-2-10(3-5-12)14-6-7-17-9-11(14)8-13/h2-5,11H,6-9H2,1H3. The Morgan fingerprint density at radius 3 is 2.61 bits per heavy atom. The van der Waals surface area contributed by atoms with E-state index in [-0.39, 0.29) is 0 Å². The number of halogens is 1. The molecule has 1 aliphatic rings. The lowest BCUT2D eigenvalue weighted by atomic mass is 10.2. The number of sulfone groups is 1. The number of hydrogen-bond donors (Lipinski definition) is 0. The summed E-state index contributed by atoms with van der Waals surface area (Å²) in [7, 11) is -3.12. The van der Waals surface area contributed by atoms with Crippen molar-refractivity contribution in [2.24, 2.45) is 0 Å². The summed E-state index contributed by atoms with van der Waals surface area (Å²) in [5, 5.41) is 0.834. The summed E-state index contributed by atoms with van der Waals surface area (Å²) in [5.41, 5.74) is 1.04. The maximum absolute atomic E-state index is 11.4. The molecule has 0 N–H and O–H groups in total. The van der Waals surface area contributed by atoms with Crippen LogP contribution >= 0.6 is 15.9 Å². The minimum absolute atomic E-state index is 0.294. The summed E-state index contributed by atoms with van der Waals surface area (Å²) in [5.74, 6) is 0. The van der Waals surface area contributed by atoms with Gasteiger partial charge in [0.1, 0.15) is 0 Å². The second kappa shape index (κ2) is 5.59. The van der Waals surface area contributed by atoms with Crippen molar-refractivity contribution in [3.8, 4) is 0 Å². The van der Waals surface area contributed by atoms with E-state index in [1.54, 1.807) is 12.1 Å². The zero-order valence-corrected chi connectivity index (χ0v) is 12.6. The molecule has 2 rings (SSSR count). The first-order chi connectivity index (χ1) is 8.52. The normalized spacial score (nSPS) is 21.0. The SMILES string of the molecule is CS(=O)(=O)c1ccc(N2CCOCC2CBr)cc1. The van der Waals surface area contributed by atoms with Gasteiger partial charge in [0.2, 0.25) is 0 Å². The van der Waals surface area contributed by atoms with Crippen LogP contribution in [0.1, 0.15) is 0 Å². The van der Waals surface area contributed by atoms with Gasteiger partial charge in [0, 0.05) is 23.8 Å². The van der Waals surface area contributed by atoms with Gasteiger partial charge in [-0.05, 0) is 24.3 Å². The average Bonchev–Trinajstić information content (AvgIpc) is 2.38. The molecule has 0 saturated carbocycles. The molecule has 1 aromatic rings. The number of benzene rings is 1. The van der Waals surface area contributed by atoms with Gasteiger partial charge in [-0.15, -0.1) is 0 Å². The van der Waals surface area contributed by atoms with Gasteiger partial charge in [-0.3, -0.25) is 0 Å². The van der Waals surface area contributed by atoms with Crippen LogP contribution in [0.5, 0.6) is 0 Å². The number of anilines is 1. The summed E-state index contributed by atoms with van der Waals surface area (Å²) in [6.07, 6.45) is 1.22. The van der Waals surface area contributed by atoms with E-state index in [1.165, 1.54) is 6.26 Å². The fraction of sp³-hybridized carbons (Fsp3) is 0.500. The van der Waals surface area contributed by atoms with E-state index in [2.05, 4.69) is 20.8 Å². The molecule has 0 aromatic heterocycles. The third-order valence-electron chi connectivity index (χ3n) is 3.00. The predicted molar refractivity (Wildman–Crippen MR) is 75.3 cm³/mol. The third kappa shape index (κ3) is 3.05. The zero-order valence-electron chi connectivity index (χ0n) is 10.2. The van der Waals surface area contributed by atoms with Crippen LogP contribution in [-0.2, 0) is 14.6 Å². The van der Waals surface area contributed by atoms with Crippen LogP contribution in [0.15, 0.2) is 29.2 Å². The Hall–Kier alpha value is -0.590. The Labute approximate surface area is 116 Å². The van der Waals surface area contributed by atoms with Gasteiger partial charge in [0.15, 0.2) is 9.84 Å². The van der Waals surface area contributed by atoms with Gasteiger partial charge in [-0.2, -0.15) is 0 Å². The lowest BCUT2D eigenvalue weighted by Gasteiger charge is -2.36. The second-order valence-corrected chi connectivity index (χ2v) is 7.01. The Balaban J connectivity index is 2.23. The molecule has 1 fully saturated rings. The highest BCUT2D eigenvalue weighted by Crippen LogP contribution is 2.22. The van der Waals surface area contributed by atoms with Crippen LogP contribution in [0.25, 0.3) is 0 Å². The maximum atomic E-state index is 11.4. The number of rotatable bonds is 3. The summed E-state index contributed by atoms with van der Waals surface area (Å²) < 4.78 is 28.2. The first kappa shape index (κ1) is 13.8. The maximum Gasteiger partial charge on any atom is 0.175 e. The van der Waals surface area contributed by atoms with Crippen molar-refractivity contribution in [2.75, 3.05) is 36.2 Å². The molecule has 1 saturated heterocycles. The molecule has 1 unspecified atom stereocenters. The molecule has 1 atom stereocenters. The number of morpholine rings is 1. The largest absolute Gasteiger partial charge is 0.377 e. The first-order valence-corrected chi connectivity index (χ1v) is 8.74. The van der Waals surface area contributed by atoms with Gasteiger partial charge in [0.05, 0.1) is 24.2 Å². The highest BCUT2D eigenvalue weighted by atomic mass is 79.9. The third-order valence-corrected chi connectivity index (χ3v) is 4.88. The number of nitrogens with zero attached hydrogens (tertiary/aromatic N) is 1. The van der Waals surface area contributed by atoms with E-state index < -0.39 is 9.84 Å². The van der Waals surface area contributed by atoms with Crippen LogP contribution < -0.4 is 4.90 Å². The van der Waals surface area contributed by atoms with Crippen LogP contribution in [0, 0.1) is 0 Å². The highest BCUT2D eigenvalue weighted by molar-refractivity contribution is 9.09. The van der Waals surface area contributed by atoms with Crippen LogP contribution in [0.4, 0.5) is 5.69 Å². The minimum Gasteiger partial charge on any atom is -0.377 e. The summed E-state index contributed by atoms with van der Waals surface area (Å²) in [4.78, 5) is 2.60. The molecule has 6 heteroatoms. The fourth-order valence-electron chi connectivity index (χ4n) is 2.01. The van der Waals surface area contributed by atoms with Crippen molar-refractivity contribution in [1.29, 1.82) is 0 Å². The molecule has 1 aliphatic heterocycles. The van der Waals surface area contributed by atoms with Crippen molar-refractivity contribution < 1.29 is 13.2 Å². The smallest absolute Gasteiger partial charge is 0.175 e. The Morgan fingerprint density at radius 2 is 2.06 bits per heavy atom. The lowest BCUT2D eigenvalue weighted by Crippen LogP contribution is -2.46. The quantitative estimate of drug-likeness (QED) is 0.790. The van der Waals surface area contributed by atoms with E-state index in [4.69, 9.17) is 4.74 Å². The molecule has 0 radical (unpaired) electrons. The molecule has 1 heterocycles. The fourth-order valence-corrected chi connectivity index (χ4v) is 3.17. The van der Waals surface area contributed by atoms with Crippen molar-refractivity contribution in [3.05, 3.63) is 24.3 Å². The zero-order chi connectivity index (χ0) is 13.2. The molecule has 4 nitrogen and oxygen atoms in total. The monoisotopic (exact) mass is 333 g/mol. The van der Waals surface area contributed by atoms with E-state index in [1.807, 2.05) is 12.1 Å². The van der Waals surface area contributed by atoms with Gasteiger partial charge in [-0.25, -0.2) is 8.42 Å². The number of hydrogen-bond acceptors (Lipinski definition) is 4. The van der Waals surface area contributed by atoms with Crippen molar-refractivity contribution in [1.82, 2.24) is 0 Å². The molecule has 1 aromatic carbocycles. The van der Waals surface area contributed by atoms with E-state index >= 15 is 0 Å². The van der Waals surface area contributed by atoms with Crippen molar-refractivity contribution >= 4 is 31.5 Å². The van der Waals surface area contributed by atoms with E-state index in [0.717, 1.165) is 17.6 Å². The Morgan fingerprint density at radius 1 is 1.39 bits per heavy atom. The predicted octanol–water partition coefficient (Wildman–Crippen LogP) is 1.69. The average molecular weight is 334 g/mol. The molecule has 0 bridgehead atoms. The van der Waals surface area contributed by atoms with E-state index in [0.29, 0.717) is 24.2 Å². The van der Waals surface area contributed by atoms with Gasteiger partial charge in [-0.1, -0.05) is 15.9 Å². The van der Waals surface area contributed by atoms with Gasteiger partial charge < -0.3 is 9.64 Å². The molecule has 18 heavy (non-hydrogen) atoms. The molecule has 0 amide bonds. The number of alkyl halides is 1. The van der Waals surface area contributed by atoms with Crippen molar-refractivity contribution in [3.63, 3.8) is 0 Å². The lowest BCUT2D eigenvalue weighted by molar-refractivity contribution is 0.100. The van der Waals surface area contributed by atoms with Crippen LogP contribution in [0.2, 0.25) is 0 Å². The second-order valence-electron chi connectivity index (χ2n) is 4.34. The summed E-state index contributed by atoms with van der Waals surface area (Å²) in [6, 6.07) is 7.33. The summed E-state index contributed by atoms with van der Waals surface area (Å²) in [6.45, 7) is 2.23.